The van der Waals surface area contributed by atoms with Gasteiger partial charge >= 0.3 is 0 Å². The van der Waals surface area contributed by atoms with Gasteiger partial charge in [0.15, 0.2) is 5.82 Å². The molecule has 0 nitrogen and oxygen atoms in total. The largest absolute Gasteiger partial charge is 0.265 e. The standard InChI is InChI=1S/C9H4BrF3S/c10-6-5(9(12)13)3-4-1-2-14-8(4)7(6)11/h1-3,9H. The molecule has 0 unspecified atom stereocenters. The van der Waals surface area contributed by atoms with E-state index in [2.05, 4.69) is 15.9 Å². The Hall–Kier alpha value is -0.550. The van der Waals surface area contributed by atoms with Crippen LogP contribution in [-0.4, -0.2) is 0 Å². The lowest BCUT2D eigenvalue weighted by atomic mass is 10.1. The Morgan fingerprint density at radius 2 is 2.07 bits per heavy atom. The van der Waals surface area contributed by atoms with Gasteiger partial charge in [-0.2, -0.15) is 0 Å². The molecule has 0 aliphatic rings. The summed E-state index contributed by atoms with van der Waals surface area (Å²) in [6, 6.07) is 2.94. The molecule has 2 rings (SSSR count). The maximum atomic E-state index is 13.5. The third kappa shape index (κ3) is 1.44. The van der Waals surface area contributed by atoms with Crippen LogP contribution in [-0.2, 0) is 0 Å². The Morgan fingerprint density at radius 3 is 2.71 bits per heavy atom. The lowest BCUT2D eigenvalue weighted by Gasteiger charge is -2.04. The van der Waals surface area contributed by atoms with Gasteiger partial charge in [0.2, 0.25) is 0 Å². The highest BCUT2D eigenvalue weighted by Gasteiger charge is 2.18. The maximum Gasteiger partial charge on any atom is 0.265 e. The summed E-state index contributed by atoms with van der Waals surface area (Å²) in [5.41, 5.74) is -0.298. The van der Waals surface area contributed by atoms with Crippen LogP contribution in [0.2, 0.25) is 0 Å². The topological polar surface area (TPSA) is 0 Å². The average Bonchev–Trinajstić information content (AvgIpc) is 2.58. The number of halogens is 4. The van der Waals surface area contributed by atoms with E-state index in [9.17, 15) is 13.2 Å². The molecule has 0 spiro atoms. The van der Waals surface area contributed by atoms with Gasteiger partial charge in [0, 0.05) is 5.56 Å². The van der Waals surface area contributed by atoms with E-state index in [4.69, 9.17) is 0 Å². The third-order valence-electron chi connectivity index (χ3n) is 1.89. The SMILES string of the molecule is Fc1c(Br)c(C(F)F)cc2ccsc12. The van der Waals surface area contributed by atoms with Gasteiger partial charge in [0.25, 0.3) is 6.43 Å². The summed E-state index contributed by atoms with van der Waals surface area (Å²) in [4.78, 5) is 0. The van der Waals surface area contributed by atoms with Gasteiger partial charge in [-0.3, -0.25) is 0 Å². The van der Waals surface area contributed by atoms with Crippen molar-refractivity contribution < 1.29 is 13.2 Å². The lowest BCUT2D eigenvalue weighted by molar-refractivity contribution is 0.150. The molecule has 0 N–H and O–H groups in total. The van der Waals surface area contributed by atoms with Crippen LogP contribution in [0.1, 0.15) is 12.0 Å². The molecule has 0 radical (unpaired) electrons. The Morgan fingerprint density at radius 1 is 1.36 bits per heavy atom. The molecule has 0 saturated carbocycles. The van der Waals surface area contributed by atoms with Gasteiger partial charge < -0.3 is 0 Å². The van der Waals surface area contributed by atoms with Gasteiger partial charge in [-0.25, -0.2) is 13.2 Å². The van der Waals surface area contributed by atoms with Crippen molar-refractivity contribution in [1.82, 2.24) is 0 Å². The fourth-order valence-electron chi connectivity index (χ4n) is 1.23. The summed E-state index contributed by atoms with van der Waals surface area (Å²) in [7, 11) is 0. The Balaban J connectivity index is 2.80. The minimum Gasteiger partial charge on any atom is -0.205 e. The van der Waals surface area contributed by atoms with Crippen LogP contribution < -0.4 is 0 Å². The molecule has 1 heterocycles. The number of hydrogen-bond acceptors (Lipinski definition) is 1. The molecule has 0 aliphatic carbocycles. The molecule has 0 aliphatic heterocycles. The number of alkyl halides is 2. The van der Waals surface area contributed by atoms with E-state index in [1.165, 1.54) is 17.4 Å². The fraction of sp³-hybridized carbons (Fsp3) is 0.111. The van der Waals surface area contributed by atoms with E-state index in [0.29, 0.717) is 10.1 Å². The summed E-state index contributed by atoms with van der Waals surface area (Å²) < 4.78 is 38.6. The number of hydrogen-bond donors (Lipinski definition) is 0. The van der Waals surface area contributed by atoms with Crippen molar-refractivity contribution in [2.75, 3.05) is 0 Å². The average molecular weight is 281 g/mol. The second-order valence-corrected chi connectivity index (χ2v) is 4.44. The summed E-state index contributed by atoms with van der Waals surface area (Å²) in [6.07, 6.45) is -2.66. The zero-order valence-corrected chi connectivity index (χ0v) is 9.13. The molecule has 2 aromatic rings. The van der Waals surface area contributed by atoms with Crippen molar-refractivity contribution in [3.63, 3.8) is 0 Å². The van der Waals surface area contributed by atoms with Crippen LogP contribution in [0, 0.1) is 5.82 Å². The second kappa shape index (κ2) is 3.55. The van der Waals surface area contributed by atoms with Crippen LogP contribution in [0.25, 0.3) is 10.1 Å². The molecular weight excluding hydrogens is 277 g/mol. The quantitative estimate of drug-likeness (QED) is 0.708. The van der Waals surface area contributed by atoms with Gasteiger partial charge in [-0.05, 0) is 38.8 Å². The maximum absolute atomic E-state index is 13.5. The first kappa shape index (κ1) is 9.98. The van der Waals surface area contributed by atoms with Crippen molar-refractivity contribution in [3.8, 4) is 0 Å². The highest BCUT2D eigenvalue weighted by molar-refractivity contribution is 9.10. The van der Waals surface area contributed by atoms with E-state index in [1.807, 2.05) is 0 Å². The number of benzene rings is 1. The normalized spacial score (nSPS) is 11.5. The summed E-state index contributed by atoms with van der Waals surface area (Å²) in [5.74, 6) is -0.604. The predicted octanol–water partition coefficient (Wildman–Crippen LogP) is 4.74. The molecule has 0 amide bonds. The van der Waals surface area contributed by atoms with Crippen molar-refractivity contribution in [3.05, 3.63) is 33.4 Å². The minimum absolute atomic E-state index is 0.137. The van der Waals surface area contributed by atoms with E-state index in [0.717, 1.165) is 0 Å². The first-order valence-electron chi connectivity index (χ1n) is 3.74. The van der Waals surface area contributed by atoms with Crippen LogP contribution in [0.15, 0.2) is 22.0 Å². The Labute approximate surface area is 90.5 Å². The summed E-state index contributed by atoms with van der Waals surface area (Å²) in [6.45, 7) is 0. The van der Waals surface area contributed by atoms with E-state index in [1.54, 1.807) is 11.4 Å². The molecule has 1 aromatic heterocycles. The van der Waals surface area contributed by atoms with Gasteiger partial charge in [-0.15, -0.1) is 11.3 Å². The number of fused-ring (bicyclic) bond motifs is 1. The van der Waals surface area contributed by atoms with Crippen molar-refractivity contribution in [2.24, 2.45) is 0 Å². The van der Waals surface area contributed by atoms with E-state index < -0.39 is 12.2 Å². The molecule has 0 fully saturated rings. The first-order valence-corrected chi connectivity index (χ1v) is 5.41. The van der Waals surface area contributed by atoms with Crippen molar-refractivity contribution >= 4 is 37.4 Å². The second-order valence-electron chi connectivity index (χ2n) is 2.73. The minimum atomic E-state index is -2.66. The predicted molar refractivity (Wildman–Crippen MR) is 54.4 cm³/mol. The van der Waals surface area contributed by atoms with Gasteiger partial charge in [-0.1, -0.05) is 0 Å². The first-order chi connectivity index (χ1) is 6.61. The van der Waals surface area contributed by atoms with Gasteiger partial charge in [0.1, 0.15) is 0 Å². The van der Waals surface area contributed by atoms with Crippen LogP contribution in [0.5, 0.6) is 0 Å². The molecule has 0 saturated heterocycles. The monoisotopic (exact) mass is 280 g/mol. The lowest BCUT2D eigenvalue weighted by Crippen LogP contribution is -1.89. The van der Waals surface area contributed by atoms with E-state index >= 15 is 0 Å². The van der Waals surface area contributed by atoms with Gasteiger partial charge in [0.05, 0.1) is 9.17 Å². The zero-order valence-electron chi connectivity index (χ0n) is 6.73. The molecule has 0 atom stereocenters. The highest BCUT2D eigenvalue weighted by Crippen LogP contribution is 2.36. The Bertz CT molecular complexity index is 478. The highest BCUT2D eigenvalue weighted by atomic mass is 79.9. The number of rotatable bonds is 1. The van der Waals surface area contributed by atoms with Crippen molar-refractivity contribution in [1.29, 1.82) is 0 Å². The zero-order chi connectivity index (χ0) is 10.3. The molecular formula is C9H4BrF3S. The number of thiophene rings is 1. The van der Waals surface area contributed by atoms with Crippen LogP contribution in [0.4, 0.5) is 13.2 Å². The van der Waals surface area contributed by atoms with Crippen molar-refractivity contribution in [2.45, 2.75) is 6.43 Å². The summed E-state index contributed by atoms with van der Waals surface area (Å²) in [5, 5.41) is 2.20. The van der Waals surface area contributed by atoms with Crippen LogP contribution in [0.3, 0.4) is 0 Å². The smallest absolute Gasteiger partial charge is 0.205 e. The van der Waals surface area contributed by atoms with E-state index in [-0.39, 0.29) is 10.0 Å². The molecule has 1 aromatic carbocycles. The van der Waals surface area contributed by atoms with Crippen LogP contribution >= 0.6 is 27.3 Å². The molecule has 5 heteroatoms. The fourth-order valence-corrected chi connectivity index (χ4v) is 2.66. The summed E-state index contributed by atoms with van der Waals surface area (Å²) >= 11 is 4.04. The molecule has 74 valence electrons. The molecule has 14 heavy (non-hydrogen) atoms. The molecule has 0 bridgehead atoms. The Kier molecular flexibility index (Phi) is 2.53. The third-order valence-corrected chi connectivity index (χ3v) is 3.62.